The van der Waals surface area contributed by atoms with Gasteiger partial charge in [-0.25, -0.2) is 0 Å². The van der Waals surface area contributed by atoms with E-state index >= 15 is 0 Å². The van der Waals surface area contributed by atoms with E-state index in [1.165, 1.54) is 10.4 Å². The van der Waals surface area contributed by atoms with E-state index in [4.69, 9.17) is 0 Å². The van der Waals surface area contributed by atoms with Gasteiger partial charge in [-0.1, -0.05) is 6.58 Å². The second kappa shape index (κ2) is 3.26. The Morgan fingerprint density at radius 2 is 2.40 bits per heavy atom. The summed E-state index contributed by atoms with van der Waals surface area (Å²) >= 11 is 3.48. The average Bonchev–Trinajstić information content (AvgIpc) is 2.34. The third-order valence-corrected chi connectivity index (χ3v) is 2.89. The van der Waals surface area contributed by atoms with Crippen LogP contribution in [-0.2, 0) is 0 Å². The summed E-state index contributed by atoms with van der Waals surface area (Å²) < 4.78 is 0. The molecule has 10 heavy (non-hydrogen) atoms. The molecule has 1 rings (SSSR count). The molecule has 0 N–H and O–H groups in total. The number of thiophene rings is 1. The molecule has 0 amide bonds. The van der Waals surface area contributed by atoms with E-state index < -0.39 is 0 Å². The summed E-state index contributed by atoms with van der Waals surface area (Å²) in [4.78, 5) is 2.51. The fourth-order valence-corrected chi connectivity index (χ4v) is 1.85. The first-order valence-corrected chi connectivity index (χ1v) is 5.13. The van der Waals surface area contributed by atoms with Crippen molar-refractivity contribution in [2.24, 2.45) is 0 Å². The maximum Gasteiger partial charge on any atom is 0.00781 e. The van der Waals surface area contributed by atoms with Gasteiger partial charge in [0.1, 0.15) is 0 Å². The topological polar surface area (TPSA) is 0 Å². The van der Waals surface area contributed by atoms with Crippen LogP contribution in [0.1, 0.15) is 10.4 Å². The SMILES string of the molecule is C=C(SC)c1csc(C)c1. The summed E-state index contributed by atoms with van der Waals surface area (Å²) in [5.41, 5.74) is 1.27. The van der Waals surface area contributed by atoms with Crippen LogP contribution in [-0.4, -0.2) is 6.26 Å². The Hall–Kier alpha value is -0.210. The molecule has 0 aliphatic heterocycles. The molecule has 0 atom stereocenters. The van der Waals surface area contributed by atoms with E-state index in [0.717, 1.165) is 4.91 Å². The van der Waals surface area contributed by atoms with Crippen molar-refractivity contribution in [3.8, 4) is 0 Å². The predicted molar refractivity (Wildman–Crippen MR) is 51.6 cm³/mol. The molecule has 0 nitrogen and oxygen atoms in total. The summed E-state index contributed by atoms with van der Waals surface area (Å²) in [6.07, 6.45) is 2.05. The van der Waals surface area contributed by atoms with E-state index in [1.807, 2.05) is 0 Å². The quantitative estimate of drug-likeness (QED) is 0.655. The molecule has 0 aromatic carbocycles. The van der Waals surface area contributed by atoms with Gasteiger partial charge in [0.15, 0.2) is 0 Å². The van der Waals surface area contributed by atoms with Gasteiger partial charge in [-0.3, -0.25) is 0 Å². The number of hydrogen-bond acceptors (Lipinski definition) is 2. The normalized spacial score (nSPS) is 9.80. The van der Waals surface area contributed by atoms with Crippen LogP contribution in [0.3, 0.4) is 0 Å². The van der Waals surface area contributed by atoms with Crippen molar-refractivity contribution in [3.63, 3.8) is 0 Å². The van der Waals surface area contributed by atoms with Gasteiger partial charge in [0, 0.05) is 9.78 Å². The minimum atomic E-state index is 1.16. The van der Waals surface area contributed by atoms with Crippen LogP contribution in [0.25, 0.3) is 4.91 Å². The Morgan fingerprint density at radius 1 is 1.70 bits per heavy atom. The fourth-order valence-electron chi connectivity index (χ4n) is 0.708. The molecule has 1 aromatic rings. The lowest BCUT2D eigenvalue weighted by Gasteiger charge is -1.94. The van der Waals surface area contributed by atoms with Crippen LogP contribution in [0.4, 0.5) is 0 Å². The third kappa shape index (κ3) is 1.64. The molecule has 0 aliphatic carbocycles. The molecule has 1 heterocycles. The molecule has 0 unspecified atom stereocenters. The monoisotopic (exact) mass is 170 g/mol. The first-order chi connectivity index (χ1) is 4.74. The lowest BCUT2D eigenvalue weighted by atomic mass is 10.3. The van der Waals surface area contributed by atoms with Gasteiger partial charge in [-0.15, -0.1) is 23.1 Å². The lowest BCUT2D eigenvalue weighted by molar-refractivity contribution is 1.63. The van der Waals surface area contributed by atoms with E-state index in [0.29, 0.717) is 0 Å². The smallest absolute Gasteiger partial charge is 0.00781 e. The summed E-state index contributed by atoms with van der Waals surface area (Å²) in [5.74, 6) is 0. The van der Waals surface area contributed by atoms with Crippen LogP contribution in [0.15, 0.2) is 18.0 Å². The zero-order chi connectivity index (χ0) is 7.56. The van der Waals surface area contributed by atoms with Gasteiger partial charge >= 0.3 is 0 Å². The largest absolute Gasteiger partial charge is 0.149 e. The van der Waals surface area contributed by atoms with E-state index in [-0.39, 0.29) is 0 Å². The fraction of sp³-hybridized carbons (Fsp3) is 0.250. The molecule has 54 valence electrons. The summed E-state index contributed by atoms with van der Waals surface area (Å²) in [6.45, 7) is 6.04. The Labute approximate surface area is 70.0 Å². The van der Waals surface area contributed by atoms with Gasteiger partial charge in [-0.05, 0) is 30.2 Å². The van der Waals surface area contributed by atoms with Crippen molar-refractivity contribution >= 4 is 28.0 Å². The van der Waals surface area contributed by atoms with Gasteiger partial charge < -0.3 is 0 Å². The Kier molecular flexibility index (Phi) is 2.57. The molecule has 0 saturated heterocycles. The molecular formula is C8H10S2. The second-order valence-corrected chi connectivity index (χ2v) is 4.09. The molecule has 0 saturated carbocycles. The molecule has 2 heteroatoms. The molecule has 1 aromatic heterocycles. The average molecular weight is 170 g/mol. The summed E-state index contributed by atoms with van der Waals surface area (Å²) in [5, 5.41) is 2.15. The summed E-state index contributed by atoms with van der Waals surface area (Å²) in [7, 11) is 0. The van der Waals surface area contributed by atoms with Crippen molar-refractivity contribution in [1.29, 1.82) is 0 Å². The zero-order valence-electron chi connectivity index (χ0n) is 6.18. The Morgan fingerprint density at radius 3 is 2.80 bits per heavy atom. The second-order valence-electron chi connectivity index (χ2n) is 2.07. The van der Waals surface area contributed by atoms with Crippen molar-refractivity contribution in [2.75, 3.05) is 6.26 Å². The van der Waals surface area contributed by atoms with Crippen LogP contribution < -0.4 is 0 Å². The van der Waals surface area contributed by atoms with Crippen LogP contribution >= 0.6 is 23.1 Å². The summed E-state index contributed by atoms with van der Waals surface area (Å²) in [6, 6.07) is 2.17. The molecule has 0 aliphatic rings. The minimum absolute atomic E-state index is 1.16. The lowest BCUT2D eigenvalue weighted by Crippen LogP contribution is -1.68. The predicted octanol–water partition coefficient (Wildman–Crippen LogP) is 3.39. The van der Waals surface area contributed by atoms with E-state index in [9.17, 15) is 0 Å². The zero-order valence-corrected chi connectivity index (χ0v) is 7.81. The highest BCUT2D eigenvalue weighted by molar-refractivity contribution is 8.07. The van der Waals surface area contributed by atoms with E-state index in [1.54, 1.807) is 23.1 Å². The molecule has 0 radical (unpaired) electrons. The standard InChI is InChI=1S/C8H10S2/c1-6-4-8(5-10-6)7(2)9-3/h4-5H,2H2,1,3H3. The van der Waals surface area contributed by atoms with Crippen molar-refractivity contribution in [1.82, 2.24) is 0 Å². The Bertz CT molecular complexity index is 235. The van der Waals surface area contributed by atoms with Gasteiger partial charge in [0.25, 0.3) is 0 Å². The van der Waals surface area contributed by atoms with Crippen LogP contribution in [0.2, 0.25) is 0 Å². The maximum atomic E-state index is 3.93. The number of thioether (sulfide) groups is 1. The van der Waals surface area contributed by atoms with Crippen LogP contribution in [0, 0.1) is 6.92 Å². The number of rotatable bonds is 2. The first kappa shape index (κ1) is 7.89. The molecule has 0 bridgehead atoms. The Balaban J connectivity index is 2.85. The van der Waals surface area contributed by atoms with Gasteiger partial charge in [0.05, 0.1) is 0 Å². The molecule has 0 spiro atoms. The van der Waals surface area contributed by atoms with E-state index in [2.05, 4.69) is 31.2 Å². The highest BCUT2D eigenvalue weighted by Gasteiger charge is 1.97. The van der Waals surface area contributed by atoms with Crippen molar-refractivity contribution in [2.45, 2.75) is 6.92 Å². The highest BCUT2D eigenvalue weighted by atomic mass is 32.2. The third-order valence-electron chi connectivity index (χ3n) is 1.30. The maximum absolute atomic E-state index is 3.93. The van der Waals surface area contributed by atoms with Crippen molar-refractivity contribution in [3.05, 3.63) is 28.5 Å². The van der Waals surface area contributed by atoms with Crippen molar-refractivity contribution < 1.29 is 0 Å². The molecule has 0 fully saturated rings. The first-order valence-electron chi connectivity index (χ1n) is 3.02. The van der Waals surface area contributed by atoms with Gasteiger partial charge in [-0.2, -0.15) is 0 Å². The molecular weight excluding hydrogens is 160 g/mol. The minimum Gasteiger partial charge on any atom is -0.149 e. The van der Waals surface area contributed by atoms with Crippen LogP contribution in [0.5, 0.6) is 0 Å². The number of hydrogen-bond donors (Lipinski definition) is 0. The number of aryl methyl sites for hydroxylation is 1. The van der Waals surface area contributed by atoms with Gasteiger partial charge in [0.2, 0.25) is 0 Å². The highest BCUT2D eigenvalue weighted by Crippen LogP contribution is 2.26.